The number of rotatable bonds is 38. The van der Waals surface area contributed by atoms with Crippen molar-refractivity contribution in [2.24, 2.45) is 0 Å². The van der Waals surface area contributed by atoms with Crippen molar-refractivity contribution in [1.29, 1.82) is 0 Å². The first-order valence-corrected chi connectivity index (χ1v) is 21.5. The molecule has 0 aromatic carbocycles. The quantitative estimate of drug-likeness (QED) is 0.0274. The minimum Gasteiger partial charge on any atom is -0.462 e. The molecule has 6 heteroatoms. The number of carbonyl (C=O) groups is 3. The topological polar surface area (TPSA) is 78.9 Å². The lowest BCUT2D eigenvalue weighted by atomic mass is 10.1. The predicted octanol–water partition coefficient (Wildman–Crippen LogP) is 13.4. The summed E-state index contributed by atoms with van der Waals surface area (Å²) >= 11 is 0. The Morgan fingerprint density at radius 2 is 0.647 bits per heavy atom. The molecule has 0 saturated heterocycles. The Hall–Kier alpha value is -2.37. The molecule has 0 atom stereocenters. The molecule has 0 bridgehead atoms. The van der Waals surface area contributed by atoms with Crippen molar-refractivity contribution in [1.82, 2.24) is 0 Å². The summed E-state index contributed by atoms with van der Waals surface area (Å²) < 4.78 is 16.6. The summed E-state index contributed by atoms with van der Waals surface area (Å²) in [4.78, 5) is 37.5. The molecule has 51 heavy (non-hydrogen) atoms. The van der Waals surface area contributed by atoms with Gasteiger partial charge in [0, 0.05) is 19.3 Å². The van der Waals surface area contributed by atoms with E-state index in [4.69, 9.17) is 14.2 Å². The van der Waals surface area contributed by atoms with Gasteiger partial charge in [-0.15, -0.1) is 0 Å². The van der Waals surface area contributed by atoms with Crippen molar-refractivity contribution in [2.45, 2.75) is 219 Å². The Morgan fingerprint density at radius 3 is 0.961 bits per heavy atom. The minimum absolute atomic E-state index is 0.0972. The number of hydrogen-bond donors (Lipinski definition) is 0. The number of esters is 3. The van der Waals surface area contributed by atoms with Crippen molar-refractivity contribution in [3.8, 4) is 0 Å². The highest BCUT2D eigenvalue weighted by Gasteiger charge is 2.19. The smallest absolute Gasteiger partial charge is 0.306 e. The molecular weight excluding hydrogens is 636 g/mol. The largest absolute Gasteiger partial charge is 0.462 e. The second-order valence-corrected chi connectivity index (χ2v) is 14.2. The van der Waals surface area contributed by atoms with E-state index in [1.807, 2.05) is 0 Å². The summed E-state index contributed by atoms with van der Waals surface area (Å²) in [5.41, 5.74) is 0. The highest BCUT2D eigenvalue weighted by atomic mass is 16.6. The molecule has 0 aromatic heterocycles. The van der Waals surface area contributed by atoms with E-state index in [2.05, 4.69) is 57.2 Å². The molecule has 0 fully saturated rings. The van der Waals surface area contributed by atoms with Crippen molar-refractivity contribution >= 4 is 17.9 Å². The van der Waals surface area contributed by atoms with Crippen LogP contribution in [-0.4, -0.2) is 37.2 Å². The first-order valence-electron chi connectivity index (χ1n) is 21.5. The highest BCUT2D eigenvalue weighted by Crippen LogP contribution is 2.11. The summed E-state index contributed by atoms with van der Waals surface area (Å²) in [6, 6.07) is 0. The molecule has 0 radical (unpaired) electrons. The molecule has 0 aromatic rings. The molecule has 0 heterocycles. The lowest BCUT2D eigenvalue weighted by Gasteiger charge is -2.18. The van der Waals surface area contributed by atoms with E-state index in [-0.39, 0.29) is 31.1 Å². The molecule has 0 amide bonds. The van der Waals surface area contributed by atoms with Gasteiger partial charge in [-0.1, -0.05) is 134 Å². The van der Waals surface area contributed by atoms with Gasteiger partial charge in [0.05, 0.1) is 0 Å². The van der Waals surface area contributed by atoms with E-state index in [9.17, 15) is 14.4 Å². The van der Waals surface area contributed by atoms with Crippen LogP contribution < -0.4 is 0 Å². The van der Waals surface area contributed by atoms with Crippen LogP contribution in [0.4, 0.5) is 0 Å². The normalized spacial score (nSPS) is 12.3. The van der Waals surface area contributed by atoms with Crippen LogP contribution in [0.3, 0.4) is 0 Å². The van der Waals surface area contributed by atoms with Crippen LogP contribution in [0.2, 0.25) is 0 Å². The van der Waals surface area contributed by atoms with Gasteiger partial charge < -0.3 is 14.2 Å². The van der Waals surface area contributed by atoms with Crippen LogP contribution in [0.25, 0.3) is 0 Å². The summed E-state index contributed by atoms with van der Waals surface area (Å²) in [6.45, 7) is 6.51. The fraction of sp³-hybridized carbons (Fsp3) is 0.800. The van der Waals surface area contributed by atoms with E-state index in [0.29, 0.717) is 19.3 Å². The molecule has 0 saturated carbocycles. The monoisotopic (exact) mass is 717 g/mol. The van der Waals surface area contributed by atoms with Crippen LogP contribution in [0.1, 0.15) is 213 Å². The van der Waals surface area contributed by atoms with Gasteiger partial charge in [-0.3, -0.25) is 14.4 Å². The third-order valence-electron chi connectivity index (χ3n) is 9.09. The van der Waals surface area contributed by atoms with E-state index >= 15 is 0 Å². The van der Waals surface area contributed by atoms with Gasteiger partial charge in [0.15, 0.2) is 6.10 Å². The number of allylic oxidation sites excluding steroid dienone is 6. The van der Waals surface area contributed by atoms with Crippen LogP contribution in [0.15, 0.2) is 36.5 Å². The summed E-state index contributed by atoms with van der Waals surface area (Å²) in [5.74, 6) is -0.969. The van der Waals surface area contributed by atoms with Crippen molar-refractivity contribution in [3.63, 3.8) is 0 Å². The Balaban J connectivity index is 4.46. The fourth-order valence-electron chi connectivity index (χ4n) is 5.78. The molecule has 6 nitrogen and oxygen atoms in total. The molecule has 0 N–H and O–H groups in total. The average molecular weight is 717 g/mol. The van der Waals surface area contributed by atoms with E-state index in [1.54, 1.807) is 0 Å². The lowest BCUT2D eigenvalue weighted by Crippen LogP contribution is -2.30. The Labute approximate surface area is 315 Å². The second kappa shape index (κ2) is 40.4. The van der Waals surface area contributed by atoms with Crippen LogP contribution in [0.5, 0.6) is 0 Å². The number of unbranched alkanes of at least 4 members (excludes halogenated alkanes) is 21. The lowest BCUT2D eigenvalue weighted by molar-refractivity contribution is -0.167. The van der Waals surface area contributed by atoms with Gasteiger partial charge in [-0.25, -0.2) is 0 Å². The van der Waals surface area contributed by atoms with Gasteiger partial charge >= 0.3 is 17.9 Å². The third-order valence-corrected chi connectivity index (χ3v) is 9.09. The molecule has 0 rings (SSSR count). The SMILES string of the molecule is CCCCCCCC=CCCCCC(=O)OCC(COC(=O)CCCCC=CCCCCCCC)OC(=O)CCCCC=CCCCCCCC. The maximum atomic E-state index is 12.6. The zero-order valence-electron chi connectivity index (χ0n) is 33.6. The Kier molecular flexibility index (Phi) is 38.5. The van der Waals surface area contributed by atoms with Crippen molar-refractivity contribution in [2.75, 3.05) is 13.2 Å². The molecule has 0 aliphatic rings. The first kappa shape index (κ1) is 48.6. The molecule has 0 unspecified atom stereocenters. The summed E-state index contributed by atoms with van der Waals surface area (Å²) in [6.07, 6.45) is 44.2. The highest BCUT2D eigenvalue weighted by molar-refractivity contribution is 5.71. The zero-order valence-corrected chi connectivity index (χ0v) is 33.6. The van der Waals surface area contributed by atoms with Crippen molar-refractivity contribution < 1.29 is 28.6 Å². The molecule has 0 aliphatic heterocycles. The Bertz CT molecular complexity index is 828. The van der Waals surface area contributed by atoms with Gasteiger partial charge in [0.25, 0.3) is 0 Å². The van der Waals surface area contributed by atoms with Crippen LogP contribution in [0, 0.1) is 0 Å². The standard InChI is InChI=1S/C45H80O6/c1-4-7-10-13-16-19-22-25-28-31-34-37-43(46)49-40-42(51-45(48)39-36-33-30-27-24-21-18-15-12-9-6-3)41-50-44(47)38-35-32-29-26-23-20-17-14-11-8-5-2/h22-27,42H,4-21,28-41H2,1-3H3. The third kappa shape index (κ3) is 38.7. The van der Waals surface area contributed by atoms with Gasteiger partial charge in [0.1, 0.15) is 13.2 Å². The molecular formula is C45H80O6. The van der Waals surface area contributed by atoms with Crippen LogP contribution in [-0.2, 0) is 28.6 Å². The number of hydrogen-bond acceptors (Lipinski definition) is 6. The maximum absolute atomic E-state index is 12.6. The van der Waals surface area contributed by atoms with Gasteiger partial charge in [-0.2, -0.15) is 0 Å². The van der Waals surface area contributed by atoms with Gasteiger partial charge in [-0.05, 0) is 96.3 Å². The average Bonchev–Trinajstić information content (AvgIpc) is 3.12. The Morgan fingerprint density at radius 1 is 0.373 bits per heavy atom. The van der Waals surface area contributed by atoms with E-state index < -0.39 is 6.10 Å². The van der Waals surface area contributed by atoms with Crippen LogP contribution >= 0.6 is 0 Å². The second-order valence-electron chi connectivity index (χ2n) is 14.2. The van der Waals surface area contributed by atoms with E-state index in [1.165, 1.54) is 96.3 Å². The first-order chi connectivity index (χ1) is 25.0. The summed E-state index contributed by atoms with van der Waals surface area (Å²) in [7, 11) is 0. The molecule has 0 aliphatic carbocycles. The number of ether oxygens (including phenoxy) is 3. The predicted molar refractivity (Wildman–Crippen MR) is 215 cm³/mol. The fourth-order valence-corrected chi connectivity index (χ4v) is 5.78. The maximum Gasteiger partial charge on any atom is 0.306 e. The van der Waals surface area contributed by atoms with Crippen molar-refractivity contribution in [3.05, 3.63) is 36.5 Å². The molecule has 0 spiro atoms. The zero-order chi connectivity index (χ0) is 37.3. The number of carbonyl (C=O) groups excluding carboxylic acids is 3. The summed E-state index contributed by atoms with van der Waals surface area (Å²) in [5, 5.41) is 0. The molecule has 296 valence electrons. The van der Waals surface area contributed by atoms with Gasteiger partial charge in [0.2, 0.25) is 0 Å². The minimum atomic E-state index is -0.793. The van der Waals surface area contributed by atoms with E-state index in [0.717, 1.165) is 77.0 Å².